The van der Waals surface area contributed by atoms with E-state index >= 15 is 0 Å². The lowest BCUT2D eigenvalue weighted by atomic mass is 9.77. The van der Waals surface area contributed by atoms with Gasteiger partial charge in [0.1, 0.15) is 16.8 Å². The Morgan fingerprint density at radius 1 is 0.941 bits per heavy atom. The van der Waals surface area contributed by atoms with Crippen molar-refractivity contribution in [3.8, 4) is 11.5 Å². The zero-order valence-corrected chi connectivity index (χ0v) is 20.9. The Labute approximate surface area is 199 Å². The van der Waals surface area contributed by atoms with Crippen LogP contribution in [0.2, 0.25) is 0 Å². The van der Waals surface area contributed by atoms with Crippen LogP contribution >= 0.6 is 0 Å². The third kappa shape index (κ3) is 4.53. The Morgan fingerprint density at radius 3 is 2.03 bits per heavy atom. The second-order valence-corrected chi connectivity index (χ2v) is 11.6. The second-order valence-electron chi connectivity index (χ2n) is 10.4. The van der Waals surface area contributed by atoms with E-state index in [1.54, 1.807) is 12.1 Å². The molecule has 2 aliphatic rings. The molecule has 184 valence electrons. The van der Waals surface area contributed by atoms with Crippen LogP contribution in [0.3, 0.4) is 0 Å². The van der Waals surface area contributed by atoms with E-state index in [1.165, 1.54) is 18.2 Å². The molecule has 1 N–H and O–H groups in total. The van der Waals surface area contributed by atoms with Gasteiger partial charge in [0.05, 0.1) is 21.8 Å². The number of ether oxygens (including phenoxy) is 2. The summed E-state index contributed by atoms with van der Waals surface area (Å²) in [5.74, 6) is -0.928. The standard InChI is InChI=1S/C23H27BF3NO5S/c1-20(2,3)14-9-8-13(10-16(14)25)34(29)28-17-12-19-18(30-23(26,27)31-19)11-15(17)24-32-21(4,5)22(6,7)33-24/h8-12,28H,1-7H3. The van der Waals surface area contributed by atoms with E-state index in [-0.39, 0.29) is 22.1 Å². The molecule has 0 spiro atoms. The van der Waals surface area contributed by atoms with Gasteiger partial charge in [-0.1, -0.05) is 26.8 Å². The molecule has 6 nitrogen and oxygen atoms in total. The first-order valence-corrected chi connectivity index (χ1v) is 11.9. The molecule has 4 rings (SSSR count). The molecular formula is C23H27BF3NO5S. The monoisotopic (exact) mass is 497 g/mol. The van der Waals surface area contributed by atoms with Gasteiger partial charge in [0.25, 0.3) is 0 Å². The highest BCUT2D eigenvalue weighted by molar-refractivity contribution is 7.86. The summed E-state index contributed by atoms with van der Waals surface area (Å²) in [6.07, 6.45) is -3.83. The first kappa shape index (κ1) is 24.9. The van der Waals surface area contributed by atoms with Crippen LogP contribution in [0.5, 0.6) is 11.5 Å². The summed E-state index contributed by atoms with van der Waals surface area (Å²) in [5, 5.41) is 0. The van der Waals surface area contributed by atoms with Crippen LogP contribution in [0.1, 0.15) is 54.0 Å². The van der Waals surface area contributed by atoms with E-state index in [4.69, 9.17) is 9.31 Å². The van der Waals surface area contributed by atoms with Gasteiger partial charge in [-0.05, 0) is 56.9 Å². The minimum absolute atomic E-state index is 0.164. The normalized spacial score (nSPS) is 20.9. The summed E-state index contributed by atoms with van der Waals surface area (Å²) in [4.78, 5) is 0.174. The fourth-order valence-electron chi connectivity index (χ4n) is 3.64. The molecule has 1 unspecified atom stereocenters. The highest BCUT2D eigenvalue weighted by Crippen LogP contribution is 2.43. The molecule has 0 bridgehead atoms. The number of nitrogens with one attached hydrogen (secondary N) is 1. The maximum Gasteiger partial charge on any atom is 0.586 e. The molecule has 34 heavy (non-hydrogen) atoms. The molecule has 0 saturated carbocycles. The van der Waals surface area contributed by atoms with Crippen molar-refractivity contribution >= 4 is 29.3 Å². The Bertz CT molecular complexity index is 1150. The molecule has 2 aromatic carbocycles. The number of benzene rings is 2. The van der Waals surface area contributed by atoms with Crippen molar-refractivity contribution < 1.29 is 36.2 Å². The topological polar surface area (TPSA) is 66.0 Å². The predicted octanol–water partition coefficient (Wildman–Crippen LogP) is 4.88. The van der Waals surface area contributed by atoms with Crippen LogP contribution < -0.4 is 19.7 Å². The number of hydrogen-bond acceptors (Lipinski definition) is 5. The predicted molar refractivity (Wildman–Crippen MR) is 123 cm³/mol. The van der Waals surface area contributed by atoms with E-state index in [9.17, 15) is 17.4 Å². The second kappa shape index (κ2) is 7.89. The van der Waals surface area contributed by atoms with Gasteiger partial charge in [-0.3, -0.25) is 0 Å². The average molecular weight is 497 g/mol. The molecule has 0 radical (unpaired) electrons. The Balaban J connectivity index is 1.70. The van der Waals surface area contributed by atoms with Crippen LogP contribution in [-0.4, -0.2) is 28.8 Å². The molecule has 1 fully saturated rings. The van der Waals surface area contributed by atoms with Gasteiger partial charge in [0.2, 0.25) is 0 Å². The maximum absolute atomic E-state index is 14.7. The van der Waals surface area contributed by atoms with Gasteiger partial charge in [0, 0.05) is 11.5 Å². The van der Waals surface area contributed by atoms with Crippen LogP contribution in [0.15, 0.2) is 35.2 Å². The summed E-state index contributed by atoms with van der Waals surface area (Å²) >= 11 is 0. The van der Waals surface area contributed by atoms with E-state index < -0.39 is 46.8 Å². The van der Waals surface area contributed by atoms with Gasteiger partial charge in [-0.25, -0.2) is 8.60 Å². The van der Waals surface area contributed by atoms with E-state index in [2.05, 4.69) is 14.2 Å². The minimum Gasteiger partial charge on any atom is -0.399 e. The van der Waals surface area contributed by atoms with Crippen LogP contribution in [-0.2, 0) is 25.7 Å². The molecule has 2 aromatic rings. The first-order chi connectivity index (χ1) is 15.5. The van der Waals surface area contributed by atoms with E-state index in [0.717, 1.165) is 0 Å². The smallest absolute Gasteiger partial charge is 0.399 e. The minimum atomic E-state index is -3.83. The highest BCUT2D eigenvalue weighted by Gasteiger charge is 2.53. The summed E-state index contributed by atoms with van der Waals surface area (Å²) in [6.45, 7) is 13.0. The molecule has 2 heterocycles. The van der Waals surface area contributed by atoms with Gasteiger partial charge >= 0.3 is 13.4 Å². The molecule has 2 aliphatic heterocycles. The van der Waals surface area contributed by atoms with Crippen molar-refractivity contribution in [2.45, 2.75) is 76.3 Å². The first-order valence-electron chi connectivity index (χ1n) is 10.8. The zero-order valence-electron chi connectivity index (χ0n) is 20.0. The quantitative estimate of drug-likeness (QED) is 0.611. The van der Waals surface area contributed by atoms with Gasteiger partial charge < -0.3 is 23.5 Å². The third-order valence-corrected chi connectivity index (χ3v) is 7.33. The average Bonchev–Trinajstić information content (AvgIpc) is 3.09. The number of alkyl halides is 2. The van der Waals surface area contributed by atoms with Crippen LogP contribution in [0.25, 0.3) is 0 Å². The molecule has 0 aliphatic carbocycles. The maximum atomic E-state index is 14.7. The number of fused-ring (bicyclic) bond motifs is 1. The molecule has 1 saturated heterocycles. The van der Waals surface area contributed by atoms with Gasteiger partial charge in [0.15, 0.2) is 11.5 Å². The van der Waals surface area contributed by atoms with Crippen molar-refractivity contribution in [3.63, 3.8) is 0 Å². The lowest BCUT2D eigenvalue weighted by Crippen LogP contribution is -2.41. The van der Waals surface area contributed by atoms with Crippen molar-refractivity contribution in [2.75, 3.05) is 4.72 Å². The summed E-state index contributed by atoms with van der Waals surface area (Å²) in [6, 6.07) is 6.89. The molecule has 0 aromatic heterocycles. The van der Waals surface area contributed by atoms with Gasteiger partial charge in [-0.2, -0.15) is 0 Å². The molecule has 11 heteroatoms. The number of rotatable bonds is 4. The van der Waals surface area contributed by atoms with Gasteiger partial charge in [-0.15, -0.1) is 8.78 Å². The van der Waals surface area contributed by atoms with E-state index in [1.807, 2.05) is 48.5 Å². The largest absolute Gasteiger partial charge is 0.586 e. The fraction of sp³-hybridized carbons (Fsp3) is 0.478. The summed E-state index contributed by atoms with van der Waals surface area (Å²) in [7, 11) is -2.89. The summed E-state index contributed by atoms with van der Waals surface area (Å²) < 4.78 is 79.2. The lowest BCUT2D eigenvalue weighted by Gasteiger charge is -2.32. The van der Waals surface area contributed by atoms with E-state index in [0.29, 0.717) is 11.0 Å². The van der Waals surface area contributed by atoms with Crippen molar-refractivity contribution in [1.82, 2.24) is 0 Å². The third-order valence-electron chi connectivity index (χ3n) is 6.25. The fourth-order valence-corrected chi connectivity index (χ4v) is 4.54. The molecular weight excluding hydrogens is 470 g/mol. The number of halogens is 3. The highest BCUT2D eigenvalue weighted by atomic mass is 32.2. The van der Waals surface area contributed by atoms with Crippen LogP contribution in [0.4, 0.5) is 18.9 Å². The number of hydrogen-bond donors (Lipinski definition) is 1. The molecule has 0 amide bonds. The number of anilines is 1. The van der Waals surface area contributed by atoms with Crippen molar-refractivity contribution in [3.05, 3.63) is 41.7 Å². The SMILES string of the molecule is CC(C)(C)c1ccc(S(=O)Nc2cc3c(cc2B2OC(C)(C)C(C)(C)O2)OC(F)(F)O3)cc1F. The van der Waals surface area contributed by atoms with Crippen molar-refractivity contribution in [1.29, 1.82) is 0 Å². The Hall–Kier alpha value is -2.24. The Kier molecular flexibility index (Phi) is 5.77. The van der Waals surface area contributed by atoms with Crippen LogP contribution in [0, 0.1) is 5.82 Å². The lowest BCUT2D eigenvalue weighted by molar-refractivity contribution is -0.286. The van der Waals surface area contributed by atoms with Crippen molar-refractivity contribution in [2.24, 2.45) is 0 Å². The molecule has 1 atom stereocenters. The summed E-state index contributed by atoms with van der Waals surface area (Å²) in [5.41, 5.74) is -0.905. The zero-order chi connectivity index (χ0) is 25.3. The Morgan fingerprint density at radius 2 is 1.50 bits per heavy atom.